The number of imide groups is 1. The fraction of sp³-hybridized carbons (Fsp3) is 0.194. The van der Waals surface area contributed by atoms with Crippen molar-refractivity contribution in [1.29, 1.82) is 0 Å². The molecule has 3 amide bonds. The van der Waals surface area contributed by atoms with Crippen LogP contribution in [0.5, 0.6) is 0 Å². The lowest BCUT2D eigenvalue weighted by Crippen LogP contribution is -2.30. The number of benzene rings is 3. The van der Waals surface area contributed by atoms with E-state index in [0.29, 0.717) is 35.3 Å². The summed E-state index contributed by atoms with van der Waals surface area (Å²) in [6.45, 7) is 1.60. The number of ketones is 1. The van der Waals surface area contributed by atoms with Gasteiger partial charge >= 0.3 is 5.97 Å². The number of Topliss-reactive ketones (excluding diaryl/α,β-unsaturated/α-hetero) is 1. The van der Waals surface area contributed by atoms with Gasteiger partial charge in [0.15, 0.2) is 12.4 Å². The lowest BCUT2D eigenvalue weighted by Gasteiger charge is -2.18. The molecule has 2 atom stereocenters. The number of rotatable bonds is 7. The van der Waals surface area contributed by atoms with E-state index in [1.54, 1.807) is 66.7 Å². The van der Waals surface area contributed by atoms with Crippen LogP contribution in [0, 0.1) is 11.8 Å². The van der Waals surface area contributed by atoms with Crippen molar-refractivity contribution in [2.75, 3.05) is 16.8 Å². The SMILES string of the molecule is CC1=CC[C@H]2C(=O)N(c3ccc(C(=O)Nc4ccc(C(=O)OCC(=O)c5ccccc5)cc4)cc3)C(=O)[C@H]2C1. The number of allylic oxidation sites excluding steroid dienone is 2. The third-order valence-corrected chi connectivity index (χ3v) is 7.02. The number of amides is 3. The minimum Gasteiger partial charge on any atom is -0.454 e. The number of anilines is 2. The zero-order chi connectivity index (χ0) is 27.5. The van der Waals surface area contributed by atoms with Crippen molar-refractivity contribution >= 4 is 40.8 Å². The summed E-state index contributed by atoms with van der Waals surface area (Å²) in [5.74, 6) is -2.39. The maximum absolute atomic E-state index is 12.9. The normalized spacial score (nSPS) is 18.3. The largest absolute Gasteiger partial charge is 0.454 e. The Balaban J connectivity index is 1.17. The molecule has 0 aromatic heterocycles. The van der Waals surface area contributed by atoms with E-state index in [-0.39, 0.29) is 41.6 Å². The number of hydrogen-bond donors (Lipinski definition) is 1. The summed E-state index contributed by atoms with van der Waals surface area (Å²) in [6, 6.07) is 21.0. The average Bonchev–Trinajstić information content (AvgIpc) is 3.21. The molecule has 5 rings (SSSR count). The molecule has 196 valence electrons. The number of fused-ring (bicyclic) bond motifs is 1. The quantitative estimate of drug-likeness (QED) is 0.206. The van der Waals surface area contributed by atoms with Crippen LogP contribution in [0.15, 0.2) is 90.5 Å². The molecule has 1 aliphatic heterocycles. The Kier molecular flexibility index (Phi) is 7.19. The molecule has 1 aliphatic carbocycles. The molecule has 0 bridgehead atoms. The number of ether oxygens (including phenoxy) is 1. The molecular formula is C31H26N2O6. The van der Waals surface area contributed by atoms with E-state index in [1.807, 2.05) is 13.0 Å². The zero-order valence-corrected chi connectivity index (χ0v) is 21.3. The number of hydrogen-bond acceptors (Lipinski definition) is 6. The molecule has 0 saturated carbocycles. The van der Waals surface area contributed by atoms with Crippen LogP contribution in [0.1, 0.15) is 50.8 Å². The third-order valence-electron chi connectivity index (χ3n) is 7.02. The van der Waals surface area contributed by atoms with Crippen LogP contribution in [-0.4, -0.2) is 36.1 Å². The minimum atomic E-state index is -0.649. The van der Waals surface area contributed by atoms with Crippen molar-refractivity contribution in [1.82, 2.24) is 0 Å². The predicted molar refractivity (Wildman–Crippen MR) is 144 cm³/mol. The molecule has 8 nitrogen and oxygen atoms in total. The Morgan fingerprint density at radius 1 is 0.821 bits per heavy atom. The van der Waals surface area contributed by atoms with Crippen LogP contribution in [-0.2, 0) is 14.3 Å². The van der Waals surface area contributed by atoms with E-state index in [2.05, 4.69) is 5.32 Å². The van der Waals surface area contributed by atoms with Crippen molar-refractivity contribution in [2.45, 2.75) is 19.8 Å². The summed E-state index contributed by atoms with van der Waals surface area (Å²) in [7, 11) is 0. The fourth-order valence-electron chi connectivity index (χ4n) is 4.87. The van der Waals surface area contributed by atoms with E-state index < -0.39 is 11.9 Å². The van der Waals surface area contributed by atoms with Gasteiger partial charge in [-0.15, -0.1) is 0 Å². The van der Waals surface area contributed by atoms with Gasteiger partial charge in [-0.1, -0.05) is 42.0 Å². The molecule has 2 aliphatic rings. The van der Waals surface area contributed by atoms with Gasteiger partial charge in [0.25, 0.3) is 5.91 Å². The number of esters is 1. The Labute approximate surface area is 225 Å². The van der Waals surface area contributed by atoms with E-state index in [9.17, 15) is 24.0 Å². The van der Waals surface area contributed by atoms with Crippen molar-refractivity contribution in [2.24, 2.45) is 11.8 Å². The number of nitrogens with zero attached hydrogens (tertiary/aromatic N) is 1. The Morgan fingerprint density at radius 3 is 2.15 bits per heavy atom. The molecule has 0 unspecified atom stereocenters. The second-order valence-electron chi connectivity index (χ2n) is 9.66. The molecule has 1 saturated heterocycles. The van der Waals surface area contributed by atoms with Crippen LogP contribution in [0.3, 0.4) is 0 Å². The van der Waals surface area contributed by atoms with Gasteiger partial charge in [0.1, 0.15) is 0 Å². The Bertz CT molecular complexity index is 1480. The average molecular weight is 523 g/mol. The van der Waals surface area contributed by atoms with Gasteiger partial charge in [0.05, 0.1) is 23.1 Å². The highest BCUT2D eigenvalue weighted by atomic mass is 16.5. The third kappa shape index (κ3) is 5.40. The fourth-order valence-corrected chi connectivity index (χ4v) is 4.87. The maximum atomic E-state index is 12.9. The highest BCUT2D eigenvalue weighted by Gasteiger charge is 2.48. The predicted octanol–water partition coefficient (Wildman–Crippen LogP) is 4.82. The summed E-state index contributed by atoms with van der Waals surface area (Å²) < 4.78 is 5.11. The van der Waals surface area contributed by atoms with E-state index in [1.165, 1.54) is 17.0 Å². The van der Waals surface area contributed by atoms with Gasteiger partial charge in [-0.2, -0.15) is 0 Å². The molecule has 39 heavy (non-hydrogen) atoms. The molecular weight excluding hydrogens is 496 g/mol. The lowest BCUT2D eigenvalue weighted by molar-refractivity contribution is -0.122. The van der Waals surface area contributed by atoms with Crippen LogP contribution >= 0.6 is 0 Å². The number of carbonyl (C=O) groups excluding carboxylic acids is 5. The molecule has 1 N–H and O–H groups in total. The molecule has 0 radical (unpaired) electrons. The van der Waals surface area contributed by atoms with Crippen molar-refractivity contribution in [3.05, 3.63) is 107 Å². The van der Waals surface area contributed by atoms with Gasteiger partial charge in [-0.25, -0.2) is 4.79 Å². The van der Waals surface area contributed by atoms with E-state index in [0.717, 1.165) is 5.57 Å². The first kappa shape index (κ1) is 25.8. The summed E-state index contributed by atoms with van der Waals surface area (Å²) >= 11 is 0. The summed E-state index contributed by atoms with van der Waals surface area (Å²) in [5, 5.41) is 2.75. The van der Waals surface area contributed by atoms with Crippen LogP contribution < -0.4 is 10.2 Å². The van der Waals surface area contributed by atoms with Crippen molar-refractivity contribution in [3.63, 3.8) is 0 Å². The molecule has 0 spiro atoms. The molecule has 3 aromatic rings. The van der Waals surface area contributed by atoms with Gasteiger partial charge in [-0.05, 0) is 68.3 Å². The summed E-state index contributed by atoms with van der Waals surface area (Å²) in [6.07, 6.45) is 3.18. The highest BCUT2D eigenvalue weighted by Crippen LogP contribution is 2.39. The first-order valence-corrected chi connectivity index (χ1v) is 12.6. The van der Waals surface area contributed by atoms with Gasteiger partial charge < -0.3 is 10.1 Å². The van der Waals surface area contributed by atoms with Crippen LogP contribution in [0.2, 0.25) is 0 Å². The Hall–Kier alpha value is -4.85. The smallest absolute Gasteiger partial charge is 0.338 e. The first-order valence-electron chi connectivity index (χ1n) is 12.6. The highest BCUT2D eigenvalue weighted by molar-refractivity contribution is 6.22. The monoisotopic (exact) mass is 522 g/mol. The number of carbonyl (C=O) groups is 5. The van der Waals surface area contributed by atoms with E-state index >= 15 is 0 Å². The lowest BCUT2D eigenvalue weighted by atomic mass is 9.82. The molecule has 3 aromatic carbocycles. The van der Waals surface area contributed by atoms with Crippen LogP contribution in [0.4, 0.5) is 11.4 Å². The first-order chi connectivity index (χ1) is 18.8. The van der Waals surface area contributed by atoms with Gasteiger partial charge in [0.2, 0.25) is 11.8 Å². The summed E-state index contributed by atoms with van der Waals surface area (Å²) in [5.41, 5.74) is 3.06. The van der Waals surface area contributed by atoms with E-state index in [4.69, 9.17) is 4.74 Å². The van der Waals surface area contributed by atoms with Crippen LogP contribution in [0.25, 0.3) is 0 Å². The molecule has 1 heterocycles. The van der Waals surface area contributed by atoms with Gasteiger partial charge in [0, 0.05) is 16.8 Å². The standard InChI is InChI=1S/C31H26N2O6/c1-19-7-16-25-26(17-19)30(37)33(29(25)36)24-14-10-21(11-15-24)28(35)32-23-12-8-22(9-13-23)31(38)39-18-27(34)20-5-3-2-4-6-20/h2-15,25-26H,16-18H2,1H3,(H,32,35)/t25-,26+/m1/s1. The number of nitrogens with one attached hydrogen (secondary N) is 1. The summed E-state index contributed by atoms with van der Waals surface area (Å²) in [4.78, 5) is 64.2. The topological polar surface area (TPSA) is 110 Å². The molecule has 1 fully saturated rings. The molecule has 8 heteroatoms. The second-order valence-corrected chi connectivity index (χ2v) is 9.66. The maximum Gasteiger partial charge on any atom is 0.338 e. The zero-order valence-electron chi connectivity index (χ0n) is 21.3. The second kappa shape index (κ2) is 10.9. The van der Waals surface area contributed by atoms with Crippen molar-refractivity contribution in [3.8, 4) is 0 Å². The van der Waals surface area contributed by atoms with Crippen molar-refractivity contribution < 1.29 is 28.7 Å². The minimum absolute atomic E-state index is 0.197. The Morgan fingerprint density at radius 2 is 1.46 bits per heavy atom. The van der Waals surface area contributed by atoms with Gasteiger partial charge in [-0.3, -0.25) is 24.1 Å².